The van der Waals surface area contributed by atoms with Gasteiger partial charge in [0.2, 0.25) is 5.91 Å². The SMILES string of the molecule is Cc1ccc(CNC(=O)CSc2nc3cc(C)[nH]c3c(=O)n2-c2ccc(C)cc2)cc1. The summed E-state index contributed by atoms with van der Waals surface area (Å²) in [7, 11) is 0. The van der Waals surface area contributed by atoms with Gasteiger partial charge in [0.15, 0.2) is 5.16 Å². The molecular formula is C24H24N4O2S. The summed E-state index contributed by atoms with van der Waals surface area (Å²) in [5.74, 6) is 0.0552. The zero-order chi connectivity index (χ0) is 22.0. The van der Waals surface area contributed by atoms with Gasteiger partial charge in [-0.2, -0.15) is 0 Å². The molecule has 2 heterocycles. The van der Waals surface area contributed by atoms with Crippen LogP contribution in [0.25, 0.3) is 16.7 Å². The van der Waals surface area contributed by atoms with Crippen molar-refractivity contribution in [1.29, 1.82) is 0 Å². The molecular weight excluding hydrogens is 408 g/mol. The fourth-order valence-electron chi connectivity index (χ4n) is 3.28. The smallest absolute Gasteiger partial charge is 0.283 e. The van der Waals surface area contributed by atoms with Crippen LogP contribution in [0.1, 0.15) is 22.4 Å². The first-order chi connectivity index (χ1) is 14.9. The number of nitrogens with one attached hydrogen (secondary N) is 2. The number of nitrogens with zero attached hydrogens (tertiary/aromatic N) is 2. The van der Waals surface area contributed by atoms with Gasteiger partial charge in [-0.3, -0.25) is 14.2 Å². The maximum atomic E-state index is 13.2. The monoisotopic (exact) mass is 432 g/mol. The molecule has 2 N–H and O–H groups in total. The number of aromatic nitrogens is 3. The Hall–Kier alpha value is -3.32. The zero-order valence-electron chi connectivity index (χ0n) is 17.7. The minimum Gasteiger partial charge on any atom is -0.353 e. The van der Waals surface area contributed by atoms with Crippen molar-refractivity contribution in [2.45, 2.75) is 32.5 Å². The number of thioether (sulfide) groups is 1. The molecule has 0 fully saturated rings. The summed E-state index contributed by atoms with van der Waals surface area (Å²) >= 11 is 1.26. The van der Waals surface area contributed by atoms with Crippen molar-refractivity contribution in [3.63, 3.8) is 0 Å². The molecule has 1 amide bonds. The molecule has 0 radical (unpaired) electrons. The largest absolute Gasteiger partial charge is 0.353 e. The van der Waals surface area contributed by atoms with Gasteiger partial charge in [0.1, 0.15) is 5.52 Å². The topological polar surface area (TPSA) is 79.8 Å². The van der Waals surface area contributed by atoms with Crippen LogP contribution in [0.2, 0.25) is 0 Å². The molecule has 2 aromatic carbocycles. The summed E-state index contributed by atoms with van der Waals surface area (Å²) in [5, 5.41) is 3.42. The highest BCUT2D eigenvalue weighted by Crippen LogP contribution is 2.22. The van der Waals surface area contributed by atoms with E-state index in [0.717, 1.165) is 22.5 Å². The number of aryl methyl sites for hydroxylation is 3. The number of carbonyl (C=O) groups excluding carboxylic acids is 1. The lowest BCUT2D eigenvalue weighted by atomic mass is 10.1. The molecule has 0 aliphatic carbocycles. The van der Waals surface area contributed by atoms with E-state index in [1.807, 2.05) is 75.4 Å². The molecule has 0 saturated carbocycles. The van der Waals surface area contributed by atoms with E-state index in [-0.39, 0.29) is 17.2 Å². The molecule has 31 heavy (non-hydrogen) atoms. The van der Waals surface area contributed by atoms with E-state index in [1.165, 1.54) is 17.3 Å². The lowest BCUT2D eigenvalue weighted by Crippen LogP contribution is -2.26. The molecule has 2 aromatic heterocycles. The standard InChI is InChI=1S/C24H24N4O2S/c1-15-4-8-18(9-5-15)13-25-21(29)14-31-24-27-20-12-17(3)26-22(20)23(30)28(24)19-10-6-16(2)7-11-19/h4-12,26H,13-14H2,1-3H3,(H,25,29). The van der Waals surface area contributed by atoms with Crippen LogP contribution in [0.15, 0.2) is 64.5 Å². The summed E-state index contributed by atoms with van der Waals surface area (Å²) in [4.78, 5) is 33.4. The molecule has 4 aromatic rings. The Bertz CT molecular complexity index is 1290. The highest BCUT2D eigenvalue weighted by atomic mass is 32.2. The van der Waals surface area contributed by atoms with Crippen molar-refractivity contribution < 1.29 is 4.79 Å². The van der Waals surface area contributed by atoms with Crippen LogP contribution in [0.3, 0.4) is 0 Å². The molecule has 0 atom stereocenters. The number of rotatable bonds is 6. The van der Waals surface area contributed by atoms with Crippen LogP contribution in [0.4, 0.5) is 0 Å². The normalized spacial score (nSPS) is 11.1. The van der Waals surface area contributed by atoms with Crippen molar-refractivity contribution in [2.24, 2.45) is 0 Å². The van der Waals surface area contributed by atoms with E-state index in [0.29, 0.717) is 22.7 Å². The summed E-state index contributed by atoms with van der Waals surface area (Å²) in [5.41, 5.74) is 5.81. The third-order valence-corrected chi connectivity index (χ3v) is 5.93. The van der Waals surface area contributed by atoms with Crippen LogP contribution in [-0.2, 0) is 11.3 Å². The first-order valence-corrected chi connectivity index (χ1v) is 11.0. The van der Waals surface area contributed by atoms with Gasteiger partial charge in [-0.15, -0.1) is 0 Å². The van der Waals surface area contributed by atoms with Crippen molar-refractivity contribution in [1.82, 2.24) is 19.9 Å². The Morgan fingerprint density at radius 2 is 1.68 bits per heavy atom. The number of aromatic amines is 1. The van der Waals surface area contributed by atoms with E-state index in [9.17, 15) is 9.59 Å². The molecule has 4 rings (SSSR count). The minimum absolute atomic E-state index is 0.111. The van der Waals surface area contributed by atoms with Crippen LogP contribution in [0.5, 0.6) is 0 Å². The van der Waals surface area contributed by atoms with Gasteiger partial charge in [-0.1, -0.05) is 59.3 Å². The van der Waals surface area contributed by atoms with E-state index < -0.39 is 0 Å². The maximum absolute atomic E-state index is 13.2. The fourth-order valence-corrected chi connectivity index (χ4v) is 4.13. The number of carbonyl (C=O) groups is 1. The summed E-state index contributed by atoms with van der Waals surface area (Å²) < 4.78 is 1.57. The van der Waals surface area contributed by atoms with Crippen LogP contribution in [0, 0.1) is 20.8 Å². The Morgan fingerprint density at radius 3 is 2.35 bits per heavy atom. The zero-order valence-corrected chi connectivity index (χ0v) is 18.5. The van der Waals surface area contributed by atoms with Crippen LogP contribution >= 0.6 is 11.8 Å². The van der Waals surface area contributed by atoms with Crippen molar-refractivity contribution in [3.05, 3.63) is 87.3 Å². The fraction of sp³-hybridized carbons (Fsp3) is 0.208. The van der Waals surface area contributed by atoms with Crippen molar-refractivity contribution in [2.75, 3.05) is 5.75 Å². The molecule has 0 spiro atoms. The quantitative estimate of drug-likeness (QED) is 0.356. The first-order valence-electron chi connectivity index (χ1n) is 10.0. The van der Waals surface area contributed by atoms with E-state index in [1.54, 1.807) is 4.57 Å². The van der Waals surface area contributed by atoms with Gasteiger partial charge >= 0.3 is 0 Å². The molecule has 0 aliphatic heterocycles. The summed E-state index contributed by atoms with van der Waals surface area (Å²) in [6, 6.07) is 17.6. The molecule has 158 valence electrons. The van der Waals surface area contributed by atoms with Crippen molar-refractivity contribution in [3.8, 4) is 5.69 Å². The number of benzene rings is 2. The highest BCUT2D eigenvalue weighted by Gasteiger charge is 2.16. The summed E-state index contributed by atoms with van der Waals surface area (Å²) in [6.07, 6.45) is 0. The molecule has 0 saturated heterocycles. The third kappa shape index (κ3) is 4.72. The third-order valence-electron chi connectivity index (χ3n) is 4.99. The van der Waals surface area contributed by atoms with E-state index >= 15 is 0 Å². The number of amides is 1. The van der Waals surface area contributed by atoms with Gasteiger partial charge in [0.25, 0.3) is 5.56 Å². The van der Waals surface area contributed by atoms with E-state index in [2.05, 4.69) is 15.3 Å². The second-order valence-electron chi connectivity index (χ2n) is 7.63. The van der Waals surface area contributed by atoms with Gasteiger partial charge in [-0.05, 0) is 44.5 Å². The van der Waals surface area contributed by atoms with Gasteiger partial charge in [0.05, 0.1) is 17.0 Å². The lowest BCUT2D eigenvalue weighted by Gasteiger charge is -2.12. The minimum atomic E-state index is -0.176. The number of hydrogen-bond donors (Lipinski definition) is 2. The number of H-pyrrole nitrogens is 1. The van der Waals surface area contributed by atoms with Crippen LogP contribution < -0.4 is 10.9 Å². The average molecular weight is 433 g/mol. The second-order valence-corrected chi connectivity index (χ2v) is 8.58. The van der Waals surface area contributed by atoms with Gasteiger partial charge < -0.3 is 10.3 Å². The highest BCUT2D eigenvalue weighted by molar-refractivity contribution is 7.99. The Kier molecular flexibility index (Phi) is 5.95. The number of fused-ring (bicyclic) bond motifs is 1. The first kappa shape index (κ1) is 20.9. The average Bonchev–Trinajstić information content (AvgIpc) is 3.13. The molecule has 0 aliphatic rings. The van der Waals surface area contributed by atoms with E-state index in [4.69, 9.17) is 0 Å². The number of hydrogen-bond acceptors (Lipinski definition) is 4. The molecule has 0 unspecified atom stereocenters. The molecule has 6 nitrogen and oxygen atoms in total. The summed E-state index contributed by atoms with van der Waals surface area (Å²) in [6.45, 7) is 6.38. The Labute approximate surface area is 184 Å². The van der Waals surface area contributed by atoms with Gasteiger partial charge in [-0.25, -0.2) is 4.98 Å². The predicted octanol–water partition coefficient (Wildman–Crippen LogP) is 4.05. The maximum Gasteiger partial charge on any atom is 0.283 e. The van der Waals surface area contributed by atoms with Crippen molar-refractivity contribution >= 4 is 28.7 Å². The Balaban J connectivity index is 1.57. The molecule has 0 bridgehead atoms. The van der Waals surface area contributed by atoms with Gasteiger partial charge in [0, 0.05) is 12.2 Å². The van der Waals surface area contributed by atoms with Crippen LogP contribution in [-0.4, -0.2) is 26.2 Å². The predicted molar refractivity (Wildman–Crippen MR) is 125 cm³/mol. The lowest BCUT2D eigenvalue weighted by molar-refractivity contribution is -0.118. The second kappa shape index (κ2) is 8.81. The molecule has 7 heteroatoms. The Morgan fingerprint density at radius 1 is 1.03 bits per heavy atom.